The van der Waals surface area contributed by atoms with Crippen LogP contribution in [0.4, 0.5) is 11.4 Å². The number of nitro groups is 1. The molecule has 0 unspecified atom stereocenters. The lowest BCUT2D eigenvalue weighted by Gasteiger charge is -2.25. The van der Waals surface area contributed by atoms with Gasteiger partial charge in [-0.25, -0.2) is 4.99 Å². The zero-order valence-corrected chi connectivity index (χ0v) is 16.5. The van der Waals surface area contributed by atoms with Crippen LogP contribution in [0.15, 0.2) is 58.3 Å². The van der Waals surface area contributed by atoms with Crippen LogP contribution in [0.3, 0.4) is 0 Å². The number of rotatable bonds is 5. The molecule has 1 aromatic heterocycles. The monoisotopic (exact) mass is 410 g/mol. The Kier molecular flexibility index (Phi) is 5.13. The van der Waals surface area contributed by atoms with Crippen molar-refractivity contribution >= 4 is 28.8 Å². The fraction of sp³-hybridized carbons (Fsp3) is 0.200. The lowest BCUT2D eigenvalue weighted by Crippen LogP contribution is -2.42. The van der Waals surface area contributed by atoms with Crippen LogP contribution in [0.5, 0.6) is 5.75 Å². The van der Waals surface area contributed by atoms with Crippen LogP contribution >= 0.6 is 11.3 Å². The van der Waals surface area contributed by atoms with E-state index in [9.17, 15) is 14.9 Å². The minimum absolute atomic E-state index is 0.00971. The molecule has 9 heteroatoms. The van der Waals surface area contributed by atoms with Crippen molar-refractivity contribution in [1.82, 2.24) is 4.57 Å². The van der Waals surface area contributed by atoms with E-state index in [0.717, 1.165) is 11.3 Å². The molecular formula is C20H18N4O4S. The van der Waals surface area contributed by atoms with Gasteiger partial charge < -0.3 is 9.64 Å². The highest BCUT2D eigenvalue weighted by Gasteiger charge is 2.17. The second kappa shape index (κ2) is 7.88. The van der Waals surface area contributed by atoms with Crippen LogP contribution in [-0.4, -0.2) is 22.8 Å². The fourth-order valence-corrected chi connectivity index (χ4v) is 4.02. The first kappa shape index (κ1) is 18.9. The third-order valence-electron chi connectivity index (χ3n) is 4.47. The topological polar surface area (TPSA) is 90.0 Å². The van der Waals surface area contributed by atoms with Crippen molar-refractivity contribution in [2.24, 2.45) is 4.99 Å². The Morgan fingerprint density at radius 3 is 2.79 bits per heavy atom. The Morgan fingerprint density at radius 1 is 1.28 bits per heavy atom. The molecular weight excluding hydrogens is 392 g/mol. The summed E-state index contributed by atoms with van der Waals surface area (Å²) in [6.07, 6.45) is 1.83. The normalized spacial score (nSPS) is 13.7. The molecule has 29 heavy (non-hydrogen) atoms. The Hall–Kier alpha value is -3.46. The second-order valence-electron chi connectivity index (χ2n) is 6.39. The van der Waals surface area contributed by atoms with Crippen molar-refractivity contribution in [3.63, 3.8) is 0 Å². The number of hydrogen-bond donors (Lipinski definition) is 0. The quantitative estimate of drug-likeness (QED) is 0.475. The lowest BCUT2D eigenvalue weighted by molar-refractivity contribution is -0.384. The molecule has 4 rings (SSSR count). The molecule has 8 nitrogen and oxygen atoms in total. The average molecular weight is 410 g/mol. The Morgan fingerprint density at radius 2 is 2.07 bits per heavy atom. The van der Waals surface area contributed by atoms with E-state index in [2.05, 4.69) is 4.99 Å². The van der Waals surface area contributed by atoms with Crippen LogP contribution in [0, 0.1) is 10.1 Å². The van der Waals surface area contributed by atoms with Gasteiger partial charge in [0.2, 0.25) is 0 Å². The van der Waals surface area contributed by atoms with Crippen molar-refractivity contribution in [3.05, 3.63) is 83.9 Å². The van der Waals surface area contributed by atoms with E-state index in [0.29, 0.717) is 35.0 Å². The highest BCUT2D eigenvalue weighted by atomic mass is 32.1. The first-order valence-electron chi connectivity index (χ1n) is 9.03. The molecule has 1 aliphatic rings. The average Bonchev–Trinajstić information content (AvgIpc) is 3.04. The van der Waals surface area contributed by atoms with Crippen LogP contribution in [-0.2, 0) is 6.67 Å². The van der Waals surface area contributed by atoms with Gasteiger partial charge >= 0.3 is 0 Å². The van der Waals surface area contributed by atoms with Crippen molar-refractivity contribution in [1.29, 1.82) is 0 Å². The Balaban J connectivity index is 1.64. The number of non-ortho nitro benzene ring substituents is 1. The van der Waals surface area contributed by atoms with Gasteiger partial charge in [0.05, 0.1) is 16.1 Å². The van der Waals surface area contributed by atoms with Gasteiger partial charge in [0, 0.05) is 17.8 Å². The number of nitrogens with zero attached hydrogens (tertiary/aromatic N) is 4. The van der Waals surface area contributed by atoms with E-state index in [1.165, 1.54) is 23.5 Å². The third-order valence-corrected chi connectivity index (χ3v) is 5.52. The van der Waals surface area contributed by atoms with Crippen molar-refractivity contribution in [3.8, 4) is 5.75 Å². The molecule has 0 saturated carbocycles. The first-order valence-corrected chi connectivity index (χ1v) is 9.85. The Labute approximate surface area is 169 Å². The van der Waals surface area contributed by atoms with Crippen molar-refractivity contribution in [2.45, 2.75) is 13.6 Å². The maximum absolute atomic E-state index is 12.9. The summed E-state index contributed by atoms with van der Waals surface area (Å²) in [6.45, 7) is 3.16. The summed E-state index contributed by atoms with van der Waals surface area (Å²) < 4.78 is 7.62. The molecule has 0 amide bonds. The van der Waals surface area contributed by atoms with Crippen LogP contribution < -0.4 is 24.5 Å². The van der Waals surface area contributed by atoms with Crippen LogP contribution in [0.1, 0.15) is 12.5 Å². The van der Waals surface area contributed by atoms with E-state index in [-0.39, 0.29) is 11.2 Å². The van der Waals surface area contributed by atoms with E-state index in [1.807, 2.05) is 42.2 Å². The lowest BCUT2D eigenvalue weighted by atomic mass is 10.2. The molecule has 1 aliphatic heterocycles. The predicted molar refractivity (Wildman–Crippen MR) is 111 cm³/mol. The number of benzene rings is 2. The molecule has 0 atom stereocenters. The van der Waals surface area contributed by atoms with Gasteiger partial charge in [-0.1, -0.05) is 29.5 Å². The van der Waals surface area contributed by atoms with E-state index in [1.54, 1.807) is 16.7 Å². The van der Waals surface area contributed by atoms with Gasteiger partial charge in [-0.2, -0.15) is 0 Å². The minimum atomic E-state index is -0.434. The SMILES string of the molecule is CCOc1ccc(/C=c2\sc3n(c2=O)CN(c2cccc([N+](=O)[O-])c2)CN=3)cc1. The van der Waals surface area contributed by atoms with E-state index < -0.39 is 4.92 Å². The fourth-order valence-electron chi connectivity index (χ4n) is 3.06. The predicted octanol–water partition coefficient (Wildman–Crippen LogP) is 2.10. The summed E-state index contributed by atoms with van der Waals surface area (Å²) in [5.41, 5.74) is 1.44. The molecule has 0 bridgehead atoms. The molecule has 2 aromatic carbocycles. The van der Waals surface area contributed by atoms with Gasteiger partial charge in [-0.05, 0) is 36.8 Å². The van der Waals surface area contributed by atoms with Gasteiger partial charge in [0.15, 0.2) is 4.80 Å². The van der Waals surface area contributed by atoms with Crippen LogP contribution in [0.2, 0.25) is 0 Å². The zero-order chi connectivity index (χ0) is 20.4. The highest BCUT2D eigenvalue weighted by molar-refractivity contribution is 7.07. The van der Waals surface area contributed by atoms with E-state index in [4.69, 9.17) is 4.74 Å². The number of ether oxygens (including phenoxy) is 1. The Bertz CT molecular complexity index is 1230. The number of thiazole rings is 1. The number of aromatic nitrogens is 1. The molecule has 148 valence electrons. The summed E-state index contributed by atoms with van der Waals surface area (Å²) in [5.74, 6) is 0.787. The number of anilines is 1. The third kappa shape index (κ3) is 3.90. The summed E-state index contributed by atoms with van der Waals surface area (Å²) in [7, 11) is 0. The molecule has 0 saturated heterocycles. The molecule has 0 radical (unpaired) electrons. The molecule has 0 N–H and O–H groups in total. The first-order chi connectivity index (χ1) is 14.0. The molecule has 0 aliphatic carbocycles. The maximum atomic E-state index is 12.9. The maximum Gasteiger partial charge on any atom is 0.271 e. The van der Waals surface area contributed by atoms with Gasteiger partial charge in [0.25, 0.3) is 11.2 Å². The van der Waals surface area contributed by atoms with Gasteiger partial charge in [-0.3, -0.25) is 19.5 Å². The summed E-state index contributed by atoms with van der Waals surface area (Å²) in [5, 5.41) is 11.0. The minimum Gasteiger partial charge on any atom is -0.494 e. The van der Waals surface area contributed by atoms with Gasteiger partial charge in [-0.15, -0.1) is 0 Å². The summed E-state index contributed by atoms with van der Waals surface area (Å²) in [4.78, 5) is 30.4. The number of hydrogen-bond acceptors (Lipinski definition) is 7. The standard InChI is InChI=1S/C20H18N4O4S/c1-2-28-17-8-6-14(7-9-17)10-18-19(25)23-13-22(12-21-20(23)29-18)15-4-3-5-16(11-15)24(26)27/h3-11H,2,12-13H2,1H3/b18-10-. The van der Waals surface area contributed by atoms with Gasteiger partial charge in [0.1, 0.15) is 19.1 Å². The zero-order valence-electron chi connectivity index (χ0n) is 15.6. The second-order valence-corrected chi connectivity index (χ2v) is 7.40. The molecule has 0 fully saturated rings. The van der Waals surface area contributed by atoms with Crippen molar-refractivity contribution < 1.29 is 9.66 Å². The largest absolute Gasteiger partial charge is 0.494 e. The molecule has 0 spiro atoms. The van der Waals surface area contributed by atoms with E-state index >= 15 is 0 Å². The molecule has 2 heterocycles. The summed E-state index contributed by atoms with van der Waals surface area (Å²) in [6, 6.07) is 13.9. The highest BCUT2D eigenvalue weighted by Crippen LogP contribution is 2.22. The van der Waals surface area contributed by atoms with Crippen molar-refractivity contribution in [2.75, 3.05) is 18.2 Å². The summed E-state index contributed by atoms with van der Waals surface area (Å²) >= 11 is 1.34. The number of nitro benzene ring substituents is 1. The molecule has 3 aromatic rings. The smallest absolute Gasteiger partial charge is 0.271 e. The van der Waals surface area contributed by atoms with Crippen LogP contribution in [0.25, 0.3) is 6.08 Å². The number of fused-ring (bicyclic) bond motifs is 1.